The summed E-state index contributed by atoms with van der Waals surface area (Å²) in [5, 5.41) is 4.93. The van der Waals surface area contributed by atoms with Crippen LogP contribution in [0.25, 0.3) is 11.0 Å². The van der Waals surface area contributed by atoms with E-state index in [9.17, 15) is 4.79 Å². The lowest BCUT2D eigenvalue weighted by atomic mass is 10.1. The quantitative estimate of drug-likeness (QED) is 0.840. The number of fused-ring (bicyclic) bond motifs is 1. The molecule has 3 rings (SSSR count). The second-order valence-electron chi connectivity index (χ2n) is 5.34. The molecule has 0 unspecified atom stereocenters. The third-order valence-corrected chi connectivity index (χ3v) is 3.70. The Labute approximate surface area is 117 Å². The first-order chi connectivity index (χ1) is 9.65. The number of carbonyl (C=O) groups excluding carboxylic acids is 1. The van der Waals surface area contributed by atoms with Gasteiger partial charge in [0.25, 0.3) is 0 Å². The Morgan fingerprint density at radius 2 is 2.20 bits per heavy atom. The van der Waals surface area contributed by atoms with Crippen LogP contribution < -0.4 is 0 Å². The monoisotopic (exact) mass is 274 g/mol. The first-order valence-corrected chi connectivity index (χ1v) is 6.89. The highest BCUT2D eigenvalue weighted by atomic mass is 16.5. The van der Waals surface area contributed by atoms with Gasteiger partial charge in [0.2, 0.25) is 5.91 Å². The van der Waals surface area contributed by atoms with Crippen molar-refractivity contribution in [2.75, 3.05) is 13.2 Å². The van der Waals surface area contributed by atoms with E-state index in [-0.39, 0.29) is 24.5 Å². The predicted molar refractivity (Wildman–Crippen MR) is 74.3 cm³/mol. The number of carbonyl (C=O) groups is 1. The van der Waals surface area contributed by atoms with Crippen LogP contribution in [0.5, 0.6) is 0 Å². The number of aromatic nitrogens is 1. The Hall–Kier alpha value is -1.88. The Kier molecular flexibility index (Phi) is 3.44. The number of morpholine rings is 1. The summed E-state index contributed by atoms with van der Waals surface area (Å²) in [6.45, 7) is 5.21. The number of rotatable bonds is 2. The summed E-state index contributed by atoms with van der Waals surface area (Å²) < 4.78 is 10.8. The normalized spacial score (nSPS) is 23.2. The van der Waals surface area contributed by atoms with E-state index in [2.05, 4.69) is 5.16 Å². The molecule has 1 aromatic carbocycles. The fraction of sp³-hybridized carbons (Fsp3) is 0.467. The maximum atomic E-state index is 12.5. The third-order valence-electron chi connectivity index (χ3n) is 3.70. The first-order valence-electron chi connectivity index (χ1n) is 6.89. The number of hydrogen-bond donors (Lipinski definition) is 0. The molecule has 2 heterocycles. The summed E-state index contributed by atoms with van der Waals surface area (Å²) in [6.07, 6.45) is 0.359. The Morgan fingerprint density at radius 3 is 3.05 bits per heavy atom. The van der Waals surface area contributed by atoms with Crippen LogP contribution in [0.1, 0.15) is 19.5 Å². The van der Waals surface area contributed by atoms with Gasteiger partial charge in [-0.25, -0.2) is 0 Å². The van der Waals surface area contributed by atoms with Crippen molar-refractivity contribution in [1.82, 2.24) is 10.1 Å². The standard InChI is InChI=1S/C15H18N2O3/c1-10-9-19-11(2)8-17(10)15(18)7-13-12-5-3-4-6-14(12)20-16-13/h3-6,10-11H,7-9H2,1-2H3/t10-,11-/m0/s1. The molecule has 2 aromatic rings. The van der Waals surface area contributed by atoms with Crippen LogP contribution in [0.2, 0.25) is 0 Å². The largest absolute Gasteiger partial charge is 0.375 e. The summed E-state index contributed by atoms with van der Waals surface area (Å²) >= 11 is 0. The smallest absolute Gasteiger partial charge is 0.229 e. The van der Waals surface area contributed by atoms with Crippen LogP contribution >= 0.6 is 0 Å². The van der Waals surface area contributed by atoms with Gasteiger partial charge in [-0.3, -0.25) is 4.79 Å². The molecule has 0 spiro atoms. The second kappa shape index (κ2) is 5.25. The van der Waals surface area contributed by atoms with Gasteiger partial charge in [-0.15, -0.1) is 0 Å². The highest BCUT2D eigenvalue weighted by Crippen LogP contribution is 2.20. The molecule has 5 heteroatoms. The molecule has 20 heavy (non-hydrogen) atoms. The maximum absolute atomic E-state index is 12.5. The molecule has 1 fully saturated rings. The second-order valence-corrected chi connectivity index (χ2v) is 5.34. The van der Waals surface area contributed by atoms with Gasteiger partial charge in [-0.05, 0) is 26.0 Å². The molecule has 0 bridgehead atoms. The fourth-order valence-corrected chi connectivity index (χ4v) is 2.56. The molecule has 2 atom stereocenters. The van der Waals surface area contributed by atoms with E-state index in [1.54, 1.807) is 0 Å². The summed E-state index contributed by atoms with van der Waals surface area (Å²) in [5.41, 5.74) is 1.43. The fourth-order valence-electron chi connectivity index (χ4n) is 2.56. The van der Waals surface area contributed by atoms with Crippen LogP contribution in [-0.4, -0.2) is 41.3 Å². The lowest BCUT2D eigenvalue weighted by Crippen LogP contribution is -2.50. The lowest BCUT2D eigenvalue weighted by molar-refractivity contribution is -0.142. The first kappa shape index (κ1) is 13.1. The van der Waals surface area contributed by atoms with Gasteiger partial charge < -0.3 is 14.2 Å². The molecule has 1 aromatic heterocycles. The molecule has 1 aliphatic heterocycles. The molecule has 0 aliphatic carbocycles. The number of hydrogen-bond acceptors (Lipinski definition) is 4. The van der Waals surface area contributed by atoms with Crippen molar-refractivity contribution in [3.8, 4) is 0 Å². The molecule has 5 nitrogen and oxygen atoms in total. The van der Waals surface area contributed by atoms with E-state index >= 15 is 0 Å². The zero-order chi connectivity index (χ0) is 14.1. The van der Waals surface area contributed by atoms with Crippen LogP contribution in [-0.2, 0) is 16.0 Å². The summed E-state index contributed by atoms with van der Waals surface area (Å²) in [6, 6.07) is 7.71. The number of nitrogens with zero attached hydrogens (tertiary/aromatic N) is 2. The predicted octanol–water partition coefficient (Wildman–Crippen LogP) is 2.01. The number of amides is 1. The van der Waals surface area contributed by atoms with Gasteiger partial charge >= 0.3 is 0 Å². The van der Waals surface area contributed by atoms with Crippen LogP contribution in [0.15, 0.2) is 28.8 Å². The molecule has 1 amide bonds. The average Bonchev–Trinajstić information content (AvgIpc) is 2.85. The van der Waals surface area contributed by atoms with Crippen molar-refractivity contribution in [2.45, 2.75) is 32.4 Å². The number of benzene rings is 1. The van der Waals surface area contributed by atoms with E-state index in [4.69, 9.17) is 9.26 Å². The maximum Gasteiger partial charge on any atom is 0.229 e. The Balaban J connectivity index is 1.78. The van der Waals surface area contributed by atoms with E-state index in [0.29, 0.717) is 18.8 Å². The molecule has 0 radical (unpaired) electrons. The zero-order valence-corrected chi connectivity index (χ0v) is 11.7. The third kappa shape index (κ3) is 2.41. The van der Waals surface area contributed by atoms with E-state index in [0.717, 1.165) is 11.0 Å². The molecule has 1 saturated heterocycles. The Bertz CT molecular complexity index is 622. The van der Waals surface area contributed by atoms with Crippen LogP contribution in [0, 0.1) is 0 Å². The number of ether oxygens (including phenoxy) is 1. The van der Waals surface area contributed by atoms with Crippen LogP contribution in [0.4, 0.5) is 0 Å². The van der Waals surface area contributed by atoms with E-state index in [1.165, 1.54) is 0 Å². The van der Waals surface area contributed by atoms with Crippen LogP contribution in [0.3, 0.4) is 0 Å². The van der Waals surface area contributed by atoms with Crippen molar-refractivity contribution >= 4 is 16.9 Å². The molecule has 1 aliphatic rings. The van der Waals surface area contributed by atoms with Gasteiger partial charge in [0, 0.05) is 11.9 Å². The minimum absolute atomic E-state index is 0.0757. The van der Waals surface area contributed by atoms with Gasteiger partial charge in [0.05, 0.1) is 25.2 Å². The summed E-state index contributed by atoms with van der Waals surface area (Å²) in [4.78, 5) is 14.3. The molecule has 0 saturated carbocycles. The minimum Gasteiger partial charge on any atom is -0.375 e. The van der Waals surface area contributed by atoms with Gasteiger partial charge in [0.1, 0.15) is 5.69 Å². The summed E-state index contributed by atoms with van der Waals surface area (Å²) in [7, 11) is 0. The topological polar surface area (TPSA) is 55.6 Å². The lowest BCUT2D eigenvalue weighted by Gasteiger charge is -2.36. The Morgan fingerprint density at radius 1 is 1.40 bits per heavy atom. The van der Waals surface area contributed by atoms with Gasteiger partial charge in [-0.1, -0.05) is 17.3 Å². The molecular weight excluding hydrogens is 256 g/mol. The summed E-state index contributed by atoms with van der Waals surface area (Å²) in [5.74, 6) is 0.0757. The molecule has 106 valence electrons. The molecule has 0 N–H and O–H groups in total. The van der Waals surface area contributed by atoms with Crippen molar-refractivity contribution < 1.29 is 14.1 Å². The zero-order valence-electron chi connectivity index (χ0n) is 11.7. The van der Waals surface area contributed by atoms with E-state index in [1.807, 2.05) is 43.0 Å². The van der Waals surface area contributed by atoms with Gasteiger partial charge in [0.15, 0.2) is 5.58 Å². The van der Waals surface area contributed by atoms with Crippen molar-refractivity contribution in [3.05, 3.63) is 30.0 Å². The number of para-hydroxylation sites is 1. The van der Waals surface area contributed by atoms with Gasteiger partial charge in [-0.2, -0.15) is 0 Å². The highest BCUT2D eigenvalue weighted by molar-refractivity contribution is 5.86. The highest BCUT2D eigenvalue weighted by Gasteiger charge is 2.28. The van der Waals surface area contributed by atoms with Crippen molar-refractivity contribution in [2.24, 2.45) is 0 Å². The molecular formula is C15H18N2O3. The minimum atomic E-state index is 0.0757. The van der Waals surface area contributed by atoms with E-state index < -0.39 is 0 Å². The van der Waals surface area contributed by atoms with Crippen molar-refractivity contribution in [3.63, 3.8) is 0 Å². The van der Waals surface area contributed by atoms with Crippen molar-refractivity contribution in [1.29, 1.82) is 0 Å². The SMILES string of the molecule is C[C@H]1CN(C(=O)Cc2noc3ccccc23)[C@@H](C)CO1. The average molecular weight is 274 g/mol.